The molecule has 9 nitrogen and oxygen atoms in total. The molecule has 36 heavy (non-hydrogen) atoms. The smallest absolute Gasteiger partial charge is 0.379 e. The zero-order valence-corrected chi connectivity index (χ0v) is 20.2. The van der Waals surface area contributed by atoms with E-state index in [-0.39, 0.29) is 43.1 Å². The van der Waals surface area contributed by atoms with Gasteiger partial charge in [0.05, 0.1) is 23.7 Å². The number of nitrogens with two attached hydrogens (primary N) is 1. The number of methoxy groups -OCH3 is 1. The highest BCUT2D eigenvalue weighted by atomic mass is 19.4. The van der Waals surface area contributed by atoms with E-state index in [9.17, 15) is 22.8 Å². The van der Waals surface area contributed by atoms with Gasteiger partial charge in [-0.15, -0.1) is 0 Å². The number of amides is 3. The second-order valence-electron chi connectivity index (χ2n) is 10.4. The number of halogens is 3. The lowest BCUT2D eigenvalue weighted by Gasteiger charge is -2.37. The molecule has 3 amide bonds. The third-order valence-electron chi connectivity index (χ3n) is 8.32. The number of hydrogen-bond acceptors (Lipinski definition) is 6. The molecule has 1 aliphatic carbocycles. The van der Waals surface area contributed by atoms with E-state index in [1.807, 2.05) is 0 Å². The van der Waals surface area contributed by atoms with Crippen molar-refractivity contribution in [2.75, 3.05) is 40.0 Å². The van der Waals surface area contributed by atoms with Crippen LogP contribution in [0.1, 0.15) is 36.1 Å². The number of primary amides is 1. The van der Waals surface area contributed by atoms with Gasteiger partial charge >= 0.3 is 12.2 Å². The number of carbonyl (C=O) groups is 2. The summed E-state index contributed by atoms with van der Waals surface area (Å²) in [5.74, 6) is -0.212. The highest BCUT2D eigenvalue weighted by Crippen LogP contribution is 2.50. The van der Waals surface area contributed by atoms with Gasteiger partial charge in [-0.05, 0) is 36.8 Å². The van der Waals surface area contributed by atoms with Crippen LogP contribution in [-0.4, -0.2) is 84.9 Å². The number of urea groups is 1. The average Bonchev–Trinajstić information content (AvgIpc) is 3.38. The molecule has 0 aromatic carbocycles. The fourth-order valence-corrected chi connectivity index (χ4v) is 6.50. The Morgan fingerprint density at radius 3 is 2.86 bits per heavy atom. The molecule has 3 aliphatic heterocycles. The van der Waals surface area contributed by atoms with Crippen LogP contribution in [0.25, 0.3) is 0 Å². The minimum absolute atomic E-state index is 0.0466. The van der Waals surface area contributed by atoms with Crippen LogP contribution in [0.5, 0.6) is 0 Å². The summed E-state index contributed by atoms with van der Waals surface area (Å²) in [4.78, 5) is 33.2. The molecule has 1 aromatic heterocycles. The molecule has 0 bridgehead atoms. The molecule has 4 aliphatic rings. The fraction of sp³-hybridized carbons (Fsp3) is 0.708. The summed E-state index contributed by atoms with van der Waals surface area (Å²) >= 11 is 0. The van der Waals surface area contributed by atoms with Crippen LogP contribution in [0.15, 0.2) is 12.3 Å². The summed E-state index contributed by atoms with van der Waals surface area (Å²) in [6.45, 7) is 2.19. The highest BCUT2D eigenvalue weighted by molar-refractivity contribution is 5.86. The van der Waals surface area contributed by atoms with Gasteiger partial charge in [0.2, 0.25) is 5.91 Å². The monoisotopic (exact) mass is 511 g/mol. The molecule has 0 radical (unpaired) electrons. The molecule has 0 spiro atoms. The van der Waals surface area contributed by atoms with E-state index in [1.54, 1.807) is 12.0 Å². The van der Waals surface area contributed by atoms with Crippen LogP contribution < -0.4 is 11.1 Å². The third-order valence-corrected chi connectivity index (χ3v) is 8.32. The SMILES string of the molecule is CO[C@@H]1COCC[C@H]1N[C@@H]1C[C@H]2CN(C(N)=O)C[C@@]2(C(=O)N2CCc3ncc(C(F)(F)F)cc3C2)C1. The predicted molar refractivity (Wildman–Crippen MR) is 122 cm³/mol. The summed E-state index contributed by atoms with van der Waals surface area (Å²) in [6.07, 6.45) is -1.32. The molecule has 1 saturated carbocycles. The Kier molecular flexibility index (Phi) is 6.63. The standard InChI is InChI=1S/C24H32F3N5O4/c1-35-20-12-36-5-3-19(20)30-17-7-16-11-32(22(28)34)13-23(16,8-17)21(33)31-4-2-18-14(10-31)6-15(9-29-18)24(25,26)27/h6,9,16-17,19-20,30H,2-5,7-8,10-13H2,1H3,(H2,28,34)/t16-,17+,19+,20+,23-/m0/s1. The topological polar surface area (TPSA) is 110 Å². The van der Waals surface area contributed by atoms with Crippen LogP contribution in [0.4, 0.5) is 18.0 Å². The second kappa shape index (κ2) is 9.46. The predicted octanol–water partition coefficient (Wildman–Crippen LogP) is 1.54. The van der Waals surface area contributed by atoms with Gasteiger partial charge in [0, 0.05) is 70.3 Å². The summed E-state index contributed by atoms with van der Waals surface area (Å²) in [7, 11) is 1.65. The first-order valence-electron chi connectivity index (χ1n) is 12.4. The van der Waals surface area contributed by atoms with E-state index >= 15 is 0 Å². The maximum absolute atomic E-state index is 14.1. The van der Waals surface area contributed by atoms with E-state index in [2.05, 4.69) is 10.3 Å². The van der Waals surface area contributed by atoms with Crippen molar-refractivity contribution >= 4 is 11.9 Å². The number of nitrogens with one attached hydrogen (secondary N) is 1. The van der Waals surface area contributed by atoms with E-state index in [1.165, 1.54) is 4.90 Å². The average molecular weight is 512 g/mol. The molecular weight excluding hydrogens is 479 g/mol. The number of carbonyl (C=O) groups excluding carboxylic acids is 2. The molecule has 12 heteroatoms. The first-order valence-corrected chi connectivity index (χ1v) is 12.4. The van der Waals surface area contributed by atoms with Gasteiger partial charge in [-0.2, -0.15) is 13.2 Å². The summed E-state index contributed by atoms with van der Waals surface area (Å²) in [6, 6.07) is 0.676. The van der Waals surface area contributed by atoms with Crippen molar-refractivity contribution < 1.29 is 32.2 Å². The van der Waals surface area contributed by atoms with Gasteiger partial charge in [-0.3, -0.25) is 9.78 Å². The zero-order chi connectivity index (χ0) is 25.7. The van der Waals surface area contributed by atoms with Crippen molar-refractivity contribution in [3.63, 3.8) is 0 Å². The number of aromatic nitrogens is 1. The number of fused-ring (bicyclic) bond motifs is 2. The van der Waals surface area contributed by atoms with Gasteiger partial charge in [-0.25, -0.2) is 4.79 Å². The molecular formula is C24H32F3N5O4. The Labute approximate surface area is 207 Å². The zero-order valence-electron chi connectivity index (χ0n) is 20.2. The quantitative estimate of drug-likeness (QED) is 0.635. The number of alkyl halides is 3. The number of hydrogen-bond donors (Lipinski definition) is 2. The van der Waals surface area contributed by atoms with Crippen molar-refractivity contribution in [1.29, 1.82) is 0 Å². The van der Waals surface area contributed by atoms with Gasteiger partial charge in [0.1, 0.15) is 0 Å². The number of nitrogens with zero attached hydrogens (tertiary/aromatic N) is 3. The lowest BCUT2D eigenvalue weighted by molar-refractivity contribution is -0.143. The lowest BCUT2D eigenvalue weighted by Crippen LogP contribution is -2.52. The van der Waals surface area contributed by atoms with Crippen molar-refractivity contribution in [3.05, 3.63) is 29.1 Å². The van der Waals surface area contributed by atoms with E-state index in [0.29, 0.717) is 56.8 Å². The number of rotatable bonds is 4. The molecule has 5 rings (SSSR count). The van der Waals surface area contributed by atoms with E-state index in [0.717, 1.165) is 18.7 Å². The minimum Gasteiger partial charge on any atom is -0.379 e. The highest BCUT2D eigenvalue weighted by Gasteiger charge is 2.59. The molecule has 2 saturated heterocycles. The van der Waals surface area contributed by atoms with Crippen molar-refractivity contribution in [1.82, 2.24) is 20.1 Å². The molecule has 3 N–H and O–H groups in total. The first-order chi connectivity index (χ1) is 17.1. The van der Waals surface area contributed by atoms with E-state index in [4.69, 9.17) is 15.2 Å². The van der Waals surface area contributed by atoms with E-state index < -0.39 is 23.2 Å². The van der Waals surface area contributed by atoms with Crippen molar-refractivity contribution in [3.8, 4) is 0 Å². The summed E-state index contributed by atoms with van der Waals surface area (Å²) in [5.41, 5.74) is 4.94. The lowest BCUT2D eigenvalue weighted by atomic mass is 9.78. The van der Waals surface area contributed by atoms with Gasteiger partial charge < -0.3 is 30.3 Å². The third kappa shape index (κ3) is 4.54. The van der Waals surface area contributed by atoms with Crippen molar-refractivity contribution in [2.24, 2.45) is 17.1 Å². The fourth-order valence-electron chi connectivity index (χ4n) is 6.50. The maximum atomic E-state index is 14.1. The molecule has 0 unspecified atom stereocenters. The van der Waals surface area contributed by atoms with Crippen molar-refractivity contribution in [2.45, 2.75) is 56.6 Å². The largest absolute Gasteiger partial charge is 0.417 e. The number of pyridine rings is 1. The molecule has 198 valence electrons. The van der Waals surface area contributed by atoms with Crippen LogP contribution in [-0.2, 0) is 33.4 Å². The first kappa shape index (κ1) is 25.2. The Hall–Kier alpha value is -2.44. The number of likely N-dealkylation sites (tertiary alicyclic amines) is 1. The van der Waals surface area contributed by atoms with Gasteiger partial charge in [0.15, 0.2) is 0 Å². The van der Waals surface area contributed by atoms with Crippen LogP contribution in [0.2, 0.25) is 0 Å². The summed E-state index contributed by atoms with van der Waals surface area (Å²) in [5, 5.41) is 3.67. The van der Waals surface area contributed by atoms with Gasteiger partial charge in [0.25, 0.3) is 0 Å². The second-order valence-corrected chi connectivity index (χ2v) is 10.4. The Morgan fingerprint density at radius 2 is 2.14 bits per heavy atom. The minimum atomic E-state index is -4.50. The Bertz CT molecular complexity index is 1020. The Balaban J connectivity index is 1.36. The molecule has 5 atom stereocenters. The normalized spacial score (nSPS) is 32.3. The molecule has 4 heterocycles. The van der Waals surface area contributed by atoms with Gasteiger partial charge in [-0.1, -0.05) is 0 Å². The van der Waals surface area contributed by atoms with Crippen LogP contribution in [0.3, 0.4) is 0 Å². The molecule has 3 fully saturated rings. The van der Waals surface area contributed by atoms with Crippen LogP contribution in [0, 0.1) is 11.3 Å². The van der Waals surface area contributed by atoms with Crippen LogP contribution >= 0.6 is 0 Å². The number of ether oxygens (including phenoxy) is 2. The maximum Gasteiger partial charge on any atom is 0.417 e. The Morgan fingerprint density at radius 1 is 1.33 bits per heavy atom. The molecule has 1 aromatic rings. The summed E-state index contributed by atoms with van der Waals surface area (Å²) < 4.78 is 50.8.